The van der Waals surface area contributed by atoms with Gasteiger partial charge in [0, 0.05) is 32.8 Å². The van der Waals surface area contributed by atoms with E-state index >= 15 is 0 Å². The van der Waals surface area contributed by atoms with Gasteiger partial charge in [0.25, 0.3) is 5.91 Å². The number of anilines is 1. The molecule has 1 N–H and O–H groups in total. The number of nitrogens with zero attached hydrogens (tertiary/aromatic N) is 3. The lowest BCUT2D eigenvalue weighted by molar-refractivity contribution is -0.173. The summed E-state index contributed by atoms with van der Waals surface area (Å²) in [6.45, 7) is 8.25. The van der Waals surface area contributed by atoms with E-state index in [0.29, 0.717) is 44.0 Å². The first kappa shape index (κ1) is 37.8. The van der Waals surface area contributed by atoms with Gasteiger partial charge in [-0.05, 0) is 62.3 Å². The molecule has 2 heterocycles. The fourth-order valence-corrected chi connectivity index (χ4v) is 5.64. The van der Waals surface area contributed by atoms with E-state index in [9.17, 15) is 19.2 Å². The van der Waals surface area contributed by atoms with E-state index in [-0.39, 0.29) is 18.9 Å². The fourth-order valence-electron chi connectivity index (χ4n) is 5.64. The number of rotatable bonds is 18. The molecule has 0 spiro atoms. The third-order valence-electron chi connectivity index (χ3n) is 8.95. The van der Waals surface area contributed by atoms with Gasteiger partial charge in [0.2, 0.25) is 0 Å². The number of carbonyl (C=O) groups excluding carboxylic acids is 4. The molecule has 268 valence electrons. The normalized spacial score (nSPS) is 17.1. The molecule has 4 rings (SSSR count). The van der Waals surface area contributed by atoms with E-state index in [1.165, 1.54) is 18.9 Å². The van der Waals surface area contributed by atoms with Crippen molar-refractivity contribution >= 4 is 29.6 Å². The summed E-state index contributed by atoms with van der Waals surface area (Å²) in [6.07, 6.45) is 3.02. The highest BCUT2D eigenvalue weighted by atomic mass is 16.6. The maximum absolute atomic E-state index is 14.2. The zero-order valence-electron chi connectivity index (χ0n) is 29.5. The Labute approximate surface area is 289 Å². The van der Waals surface area contributed by atoms with Crippen LogP contribution in [0.25, 0.3) is 0 Å². The minimum Gasteiger partial charge on any atom is -0.458 e. The molecule has 1 aliphatic heterocycles. The van der Waals surface area contributed by atoms with Crippen molar-refractivity contribution in [1.29, 1.82) is 0 Å². The molecule has 2 aliphatic rings. The molecule has 4 atom stereocenters. The zero-order chi connectivity index (χ0) is 35.3. The summed E-state index contributed by atoms with van der Waals surface area (Å²) in [5.41, 5.74) is 1.51. The molecule has 12 nitrogen and oxygen atoms in total. The molecule has 1 saturated heterocycles. The Kier molecular flexibility index (Phi) is 14.4. The molecular weight excluding hydrogens is 628 g/mol. The van der Waals surface area contributed by atoms with Crippen LogP contribution >= 0.6 is 0 Å². The summed E-state index contributed by atoms with van der Waals surface area (Å²) < 4.78 is 22.3. The van der Waals surface area contributed by atoms with E-state index in [4.69, 9.17) is 18.9 Å². The molecule has 0 radical (unpaired) electrons. The number of aromatic nitrogens is 1. The van der Waals surface area contributed by atoms with Crippen LogP contribution < -0.4 is 10.2 Å². The quantitative estimate of drug-likeness (QED) is 0.182. The number of likely N-dealkylation sites (N-methyl/N-ethyl adjacent to an activating group) is 2. The highest BCUT2D eigenvalue weighted by Gasteiger charge is 2.37. The van der Waals surface area contributed by atoms with Crippen LogP contribution in [0.3, 0.4) is 0 Å². The Morgan fingerprint density at radius 1 is 0.939 bits per heavy atom. The highest BCUT2D eigenvalue weighted by molar-refractivity contribution is 5.90. The van der Waals surface area contributed by atoms with Crippen molar-refractivity contribution in [2.75, 3.05) is 45.3 Å². The predicted octanol–water partition coefficient (Wildman–Crippen LogP) is 3.70. The smallest absolute Gasteiger partial charge is 0.347 e. The SMILES string of the molecule is CN[C@@H](CC1CC1)C(=O)O[C@H](Cc1ccc(N2CCOCC2)nc1)C(=O)N(C)[C@@H](CCC(C)C)C(=O)O[C@H](C)C(=O)OCc1ccccc1. The van der Waals surface area contributed by atoms with Gasteiger partial charge >= 0.3 is 17.9 Å². The predicted molar refractivity (Wildman–Crippen MR) is 183 cm³/mol. The molecule has 0 bridgehead atoms. The molecule has 1 aliphatic carbocycles. The van der Waals surface area contributed by atoms with Gasteiger partial charge in [0.15, 0.2) is 12.2 Å². The van der Waals surface area contributed by atoms with Crippen LogP contribution in [0.5, 0.6) is 0 Å². The van der Waals surface area contributed by atoms with Crippen LogP contribution in [0.1, 0.15) is 64.0 Å². The number of benzene rings is 1. The lowest BCUT2D eigenvalue weighted by atomic mass is 10.0. The maximum atomic E-state index is 14.2. The first-order valence-electron chi connectivity index (χ1n) is 17.4. The average Bonchev–Trinajstić information content (AvgIpc) is 3.94. The van der Waals surface area contributed by atoms with E-state index in [1.807, 2.05) is 56.3 Å². The molecular formula is C37H52N4O8. The molecule has 1 aromatic carbocycles. The van der Waals surface area contributed by atoms with Crippen LogP contribution in [0, 0.1) is 11.8 Å². The van der Waals surface area contributed by atoms with Gasteiger partial charge in [0.1, 0.15) is 24.5 Å². The van der Waals surface area contributed by atoms with Crippen molar-refractivity contribution < 1.29 is 38.1 Å². The average molecular weight is 681 g/mol. The fraction of sp³-hybridized carbons (Fsp3) is 0.595. The second-order valence-electron chi connectivity index (χ2n) is 13.4. The lowest BCUT2D eigenvalue weighted by Crippen LogP contribution is -2.51. The maximum Gasteiger partial charge on any atom is 0.347 e. The Balaban J connectivity index is 1.49. The standard InChI is InChI=1S/C37H52N4O8/c1-25(2)11-15-31(37(45)48-26(3)35(43)47-24-28-9-7-6-8-10-28)40(5)34(42)32(49-36(44)30(38-4)21-27-12-13-27)22-29-14-16-33(39-23-29)41-17-19-46-20-18-41/h6-10,14,16,23,25-27,30-32,38H,11-13,15,17-22,24H2,1-5H3/t26-,30+,31+,32-/m1/s1. The molecule has 2 aromatic rings. The van der Waals surface area contributed by atoms with Gasteiger partial charge in [-0.15, -0.1) is 0 Å². The number of amides is 1. The third-order valence-corrected chi connectivity index (χ3v) is 8.95. The van der Waals surface area contributed by atoms with Crippen LogP contribution in [-0.2, 0) is 51.2 Å². The molecule has 12 heteroatoms. The molecule has 1 saturated carbocycles. The van der Waals surface area contributed by atoms with Crippen molar-refractivity contribution in [2.45, 2.75) is 90.2 Å². The number of morpholine rings is 1. The first-order valence-corrected chi connectivity index (χ1v) is 17.4. The second kappa shape index (κ2) is 18.7. The number of hydrogen-bond acceptors (Lipinski definition) is 11. The van der Waals surface area contributed by atoms with Crippen LogP contribution in [0.2, 0.25) is 0 Å². The minimum absolute atomic E-state index is 0.0421. The summed E-state index contributed by atoms with van der Waals surface area (Å²) in [7, 11) is 3.21. The summed E-state index contributed by atoms with van der Waals surface area (Å²) in [5.74, 6) is -0.999. The monoisotopic (exact) mass is 680 g/mol. The molecule has 2 fully saturated rings. The topological polar surface area (TPSA) is 137 Å². The summed E-state index contributed by atoms with van der Waals surface area (Å²) in [6, 6.07) is 11.4. The first-order chi connectivity index (χ1) is 23.5. The summed E-state index contributed by atoms with van der Waals surface area (Å²) in [5, 5.41) is 3.04. The molecule has 0 unspecified atom stereocenters. The molecule has 1 amide bonds. The van der Waals surface area contributed by atoms with Crippen LogP contribution in [-0.4, -0.2) is 98.4 Å². The number of hydrogen-bond donors (Lipinski definition) is 1. The van der Waals surface area contributed by atoms with Crippen molar-refractivity contribution in [3.63, 3.8) is 0 Å². The van der Waals surface area contributed by atoms with Gasteiger partial charge in [-0.1, -0.05) is 63.1 Å². The van der Waals surface area contributed by atoms with E-state index in [1.54, 1.807) is 13.2 Å². The summed E-state index contributed by atoms with van der Waals surface area (Å²) in [4.78, 5) is 61.9. The number of nitrogens with one attached hydrogen (secondary N) is 1. The van der Waals surface area contributed by atoms with E-state index in [0.717, 1.165) is 37.3 Å². The summed E-state index contributed by atoms with van der Waals surface area (Å²) >= 11 is 0. The zero-order valence-corrected chi connectivity index (χ0v) is 29.5. The van der Waals surface area contributed by atoms with Gasteiger partial charge in [-0.25, -0.2) is 14.6 Å². The highest BCUT2D eigenvalue weighted by Crippen LogP contribution is 2.34. The van der Waals surface area contributed by atoms with Crippen molar-refractivity contribution in [1.82, 2.24) is 15.2 Å². The van der Waals surface area contributed by atoms with Crippen molar-refractivity contribution in [2.24, 2.45) is 11.8 Å². The number of esters is 3. The van der Waals surface area contributed by atoms with Crippen molar-refractivity contribution in [3.05, 3.63) is 59.8 Å². The van der Waals surface area contributed by atoms with E-state index in [2.05, 4.69) is 15.2 Å². The van der Waals surface area contributed by atoms with Gasteiger partial charge < -0.3 is 34.1 Å². The second-order valence-corrected chi connectivity index (χ2v) is 13.4. The van der Waals surface area contributed by atoms with E-state index < -0.39 is 48.1 Å². The molecule has 1 aromatic heterocycles. The lowest BCUT2D eigenvalue weighted by Gasteiger charge is -2.31. The third kappa shape index (κ3) is 11.8. The Bertz CT molecular complexity index is 1360. The van der Waals surface area contributed by atoms with Gasteiger partial charge in [0.05, 0.1) is 13.2 Å². The Morgan fingerprint density at radius 2 is 1.65 bits per heavy atom. The minimum atomic E-state index is -1.22. The number of carbonyl (C=O) groups is 4. The largest absolute Gasteiger partial charge is 0.458 e. The Morgan fingerprint density at radius 3 is 2.27 bits per heavy atom. The van der Waals surface area contributed by atoms with Gasteiger partial charge in [-0.2, -0.15) is 0 Å². The number of ether oxygens (including phenoxy) is 4. The van der Waals surface area contributed by atoms with Crippen LogP contribution in [0.15, 0.2) is 48.7 Å². The number of pyridine rings is 1. The molecule has 49 heavy (non-hydrogen) atoms. The van der Waals surface area contributed by atoms with Crippen LogP contribution in [0.4, 0.5) is 5.82 Å². The van der Waals surface area contributed by atoms with Crippen molar-refractivity contribution in [3.8, 4) is 0 Å². The Hall–Kier alpha value is -4.03. The van der Waals surface area contributed by atoms with Gasteiger partial charge in [-0.3, -0.25) is 9.59 Å².